The van der Waals surface area contributed by atoms with E-state index in [0.717, 1.165) is 28.9 Å². The maximum atomic E-state index is 11.9. The first-order chi connectivity index (χ1) is 11.5. The Kier molecular flexibility index (Phi) is 6.50. The van der Waals surface area contributed by atoms with Crippen molar-refractivity contribution < 1.29 is 9.53 Å². The van der Waals surface area contributed by atoms with E-state index in [9.17, 15) is 4.79 Å². The molecule has 0 aromatic heterocycles. The van der Waals surface area contributed by atoms with Gasteiger partial charge in [-0.3, -0.25) is 0 Å². The van der Waals surface area contributed by atoms with Crippen LogP contribution in [0.15, 0.2) is 36.4 Å². The number of carbonyl (C=O) groups is 1. The topological polar surface area (TPSA) is 50.4 Å². The van der Waals surface area contributed by atoms with Crippen molar-refractivity contribution >= 4 is 23.3 Å². The quantitative estimate of drug-likeness (QED) is 0.734. The van der Waals surface area contributed by atoms with Gasteiger partial charge in [0.2, 0.25) is 0 Å². The van der Waals surface area contributed by atoms with E-state index in [1.54, 1.807) is 6.07 Å². The van der Waals surface area contributed by atoms with Crippen LogP contribution in [0.4, 0.5) is 10.5 Å². The number of halogens is 1. The lowest BCUT2D eigenvalue weighted by Crippen LogP contribution is -2.30. The summed E-state index contributed by atoms with van der Waals surface area (Å²) in [7, 11) is 0. The molecule has 2 rings (SSSR count). The van der Waals surface area contributed by atoms with Crippen LogP contribution >= 0.6 is 11.6 Å². The van der Waals surface area contributed by atoms with Gasteiger partial charge in [-0.1, -0.05) is 35.9 Å². The van der Waals surface area contributed by atoms with Crippen LogP contribution < -0.4 is 15.4 Å². The van der Waals surface area contributed by atoms with Crippen molar-refractivity contribution in [3.05, 3.63) is 58.1 Å². The minimum absolute atomic E-state index is 0.243. The number of amides is 2. The molecule has 2 aromatic carbocycles. The fraction of sp³-hybridized carbons (Fsp3) is 0.316. The van der Waals surface area contributed by atoms with Gasteiger partial charge in [-0.15, -0.1) is 0 Å². The Morgan fingerprint density at radius 2 is 1.75 bits per heavy atom. The van der Waals surface area contributed by atoms with E-state index in [4.69, 9.17) is 16.3 Å². The zero-order valence-corrected chi connectivity index (χ0v) is 15.0. The minimum Gasteiger partial charge on any atom is -0.493 e. The number of nitrogens with one attached hydrogen (secondary N) is 2. The molecule has 0 aliphatic rings. The van der Waals surface area contributed by atoms with Gasteiger partial charge in [-0.05, 0) is 56.0 Å². The minimum atomic E-state index is -0.243. The van der Waals surface area contributed by atoms with Gasteiger partial charge in [0, 0.05) is 17.3 Å². The maximum absolute atomic E-state index is 11.9. The molecule has 0 bridgehead atoms. The molecule has 4 nitrogen and oxygen atoms in total. The number of carbonyl (C=O) groups excluding carboxylic acids is 1. The number of rotatable bonds is 6. The fourth-order valence-electron chi connectivity index (χ4n) is 2.38. The summed E-state index contributed by atoms with van der Waals surface area (Å²) in [6, 6.07) is 11.3. The number of aryl methyl sites for hydroxylation is 2. The molecule has 0 radical (unpaired) electrons. The Balaban J connectivity index is 1.72. The number of anilines is 1. The van der Waals surface area contributed by atoms with Gasteiger partial charge in [0.15, 0.2) is 0 Å². The Labute approximate surface area is 148 Å². The first-order valence-corrected chi connectivity index (χ1v) is 8.36. The summed E-state index contributed by atoms with van der Waals surface area (Å²) >= 11 is 6.04. The predicted octanol–water partition coefficient (Wildman–Crippen LogP) is 4.86. The third-order valence-corrected chi connectivity index (χ3v) is 4.19. The van der Waals surface area contributed by atoms with Crippen molar-refractivity contribution in [3.8, 4) is 5.75 Å². The average molecular weight is 347 g/mol. The van der Waals surface area contributed by atoms with Crippen molar-refractivity contribution in [2.24, 2.45) is 0 Å². The first-order valence-electron chi connectivity index (χ1n) is 7.98. The average Bonchev–Trinajstić information content (AvgIpc) is 2.54. The summed E-state index contributed by atoms with van der Waals surface area (Å²) in [5.74, 6) is 0.927. The summed E-state index contributed by atoms with van der Waals surface area (Å²) < 4.78 is 5.81. The summed E-state index contributed by atoms with van der Waals surface area (Å²) in [4.78, 5) is 11.9. The van der Waals surface area contributed by atoms with Gasteiger partial charge in [-0.25, -0.2) is 4.79 Å². The van der Waals surface area contributed by atoms with Gasteiger partial charge in [-0.2, -0.15) is 0 Å². The molecule has 0 atom stereocenters. The second-order valence-corrected chi connectivity index (χ2v) is 6.12. The Hall–Kier alpha value is -2.20. The lowest BCUT2D eigenvalue weighted by atomic mass is 10.1. The van der Waals surface area contributed by atoms with E-state index >= 15 is 0 Å². The monoisotopic (exact) mass is 346 g/mol. The molecule has 128 valence electrons. The van der Waals surface area contributed by atoms with Crippen LogP contribution in [-0.2, 0) is 0 Å². The van der Waals surface area contributed by atoms with Gasteiger partial charge in [0.25, 0.3) is 0 Å². The molecule has 5 heteroatoms. The number of para-hydroxylation sites is 1. The molecular weight excluding hydrogens is 324 g/mol. The highest BCUT2D eigenvalue weighted by molar-refractivity contribution is 6.31. The number of ether oxygens (including phenoxy) is 1. The summed E-state index contributed by atoms with van der Waals surface area (Å²) in [5.41, 5.74) is 3.81. The second kappa shape index (κ2) is 8.60. The van der Waals surface area contributed by atoms with E-state index in [0.29, 0.717) is 23.9 Å². The lowest BCUT2D eigenvalue weighted by molar-refractivity contribution is 0.250. The zero-order valence-electron chi connectivity index (χ0n) is 14.3. The molecule has 2 amide bonds. The van der Waals surface area contributed by atoms with Crippen LogP contribution in [0.5, 0.6) is 5.75 Å². The molecule has 0 saturated heterocycles. The van der Waals surface area contributed by atoms with E-state index in [-0.39, 0.29) is 6.03 Å². The largest absolute Gasteiger partial charge is 0.493 e. The van der Waals surface area contributed by atoms with Crippen LogP contribution in [-0.4, -0.2) is 19.2 Å². The number of benzene rings is 2. The highest BCUT2D eigenvalue weighted by Crippen LogP contribution is 2.23. The summed E-state index contributed by atoms with van der Waals surface area (Å²) in [6.07, 6.45) is 0.732. The number of urea groups is 1. The van der Waals surface area contributed by atoms with Gasteiger partial charge in [0.1, 0.15) is 5.75 Å². The smallest absolute Gasteiger partial charge is 0.319 e. The zero-order chi connectivity index (χ0) is 17.5. The highest BCUT2D eigenvalue weighted by Gasteiger charge is 2.06. The maximum Gasteiger partial charge on any atom is 0.319 e. The van der Waals surface area contributed by atoms with Crippen molar-refractivity contribution in [1.29, 1.82) is 0 Å². The molecule has 0 aliphatic heterocycles. The molecule has 0 spiro atoms. The van der Waals surface area contributed by atoms with Crippen molar-refractivity contribution in [1.82, 2.24) is 5.32 Å². The molecule has 24 heavy (non-hydrogen) atoms. The van der Waals surface area contributed by atoms with Crippen LogP contribution in [0.25, 0.3) is 0 Å². The van der Waals surface area contributed by atoms with Gasteiger partial charge < -0.3 is 15.4 Å². The predicted molar refractivity (Wildman–Crippen MR) is 99.2 cm³/mol. The molecule has 0 aliphatic carbocycles. The Morgan fingerprint density at radius 3 is 2.46 bits per heavy atom. The van der Waals surface area contributed by atoms with Crippen molar-refractivity contribution in [3.63, 3.8) is 0 Å². The number of hydrogen-bond donors (Lipinski definition) is 2. The summed E-state index contributed by atoms with van der Waals surface area (Å²) in [6.45, 7) is 7.03. The molecule has 0 heterocycles. The van der Waals surface area contributed by atoms with E-state index in [1.807, 2.05) is 51.1 Å². The van der Waals surface area contributed by atoms with E-state index in [1.165, 1.54) is 0 Å². The van der Waals surface area contributed by atoms with Gasteiger partial charge in [0.05, 0.1) is 6.61 Å². The first kappa shape index (κ1) is 18.1. The van der Waals surface area contributed by atoms with E-state index < -0.39 is 0 Å². The lowest BCUT2D eigenvalue weighted by Gasteiger charge is -2.13. The highest BCUT2D eigenvalue weighted by atomic mass is 35.5. The van der Waals surface area contributed by atoms with Crippen LogP contribution in [0, 0.1) is 20.8 Å². The molecule has 0 unspecified atom stereocenters. The third kappa shape index (κ3) is 4.90. The molecule has 0 fully saturated rings. The third-order valence-electron chi connectivity index (χ3n) is 3.78. The van der Waals surface area contributed by atoms with Crippen molar-refractivity contribution in [2.45, 2.75) is 27.2 Å². The molecule has 2 N–H and O–H groups in total. The van der Waals surface area contributed by atoms with Crippen LogP contribution in [0.2, 0.25) is 5.02 Å². The molecule has 2 aromatic rings. The SMILES string of the molecule is Cc1cccc(C)c1OCCCNC(=O)Nc1cccc(Cl)c1C. The fourth-order valence-corrected chi connectivity index (χ4v) is 2.56. The molecular formula is C19H23ClN2O2. The Morgan fingerprint density at radius 1 is 1.08 bits per heavy atom. The standard InChI is InChI=1S/C19H23ClN2O2/c1-13-7-4-8-14(2)18(13)24-12-6-11-21-19(23)22-17-10-5-9-16(20)15(17)3/h4-5,7-10H,6,11-12H2,1-3H3,(H2,21,22,23). The normalized spacial score (nSPS) is 10.3. The van der Waals surface area contributed by atoms with E-state index in [2.05, 4.69) is 10.6 Å². The number of hydrogen-bond acceptors (Lipinski definition) is 2. The van der Waals surface area contributed by atoms with Crippen molar-refractivity contribution in [2.75, 3.05) is 18.5 Å². The summed E-state index contributed by atoms with van der Waals surface area (Å²) in [5, 5.41) is 6.26. The molecule has 0 saturated carbocycles. The van der Waals surface area contributed by atoms with Crippen LogP contribution in [0.3, 0.4) is 0 Å². The van der Waals surface area contributed by atoms with Gasteiger partial charge >= 0.3 is 6.03 Å². The second-order valence-electron chi connectivity index (χ2n) is 5.72. The van der Waals surface area contributed by atoms with Crippen LogP contribution in [0.1, 0.15) is 23.1 Å². The Bertz CT molecular complexity index is 696.